The van der Waals surface area contributed by atoms with Gasteiger partial charge in [-0.05, 0) is 12.3 Å². The molecule has 0 unspecified atom stereocenters. The maximum Gasteiger partial charge on any atom is 0.259 e. The Kier molecular flexibility index (Phi) is 2.86. The Morgan fingerprint density at radius 3 is 2.80 bits per heavy atom. The van der Waals surface area contributed by atoms with Gasteiger partial charge in [0.1, 0.15) is 10.7 Å². The van der Waals surface area contributed by atoms with Crippen molar-refractivity contribution in [1.29, 1.82) is 0 Å². The van der Waals surface area contributed by atoms with E-state index in [2.05, 4.69) is 15.0 Å². The third kappa shape index (κ3) is 1.95. The molecule has 0 saturated heterocycles. The number of aromatic amines is 1. The highest BCUT2D eigenvalue weighted by Crippen LogP contribution is 2.21. The van der Waals surface area contributed by atoms with E-state index in [0.717, 1.165) is 0 Å². The van der Waals surface area contributed by atoms with Crippen LogP contribution in [0.2, 0.25) is 10.3 Å². The topological polar surface area (TPSA) is 58.6 Å². The van der Waals surface area contributed by atoms with E-state index in [1.165, 1.54) is 17.8 Å². The Labute approximate surface area is 99.0 Å². The summed E-state index contributed by atoms with van der Waals surface area (Å²) in [5.41, 5.74) is 0.102. The fourth-order valence-corrected chi connectivity index (χ4v) is 2.00. The van der Waals surface area contributed by atoms with Crippen LogP contribution in [0, 0.1) is 0 Å². The number of pyridine rings is 1. The largest absolute Gasteiger partial charge is 0.301 e. The molecule has 0 aliphatic carbocycles. The first kappa shape index (κ1) is 10.7. The van der Waals surface area contributed by atoms with E-state index in [1.54, 1.807) is 6.26 Å². The number of nitrogens with zero attached hydrogens (tertiary/aromatic N) is 2. The molecule has 4 nitrogen and oxygen atoms in total. The van der Waals surface area contributed by atoms with Crippen LogP contribution in [0.1, 0.15) is 0 Å². The van der Waals surface area contributed by atoms with Crippen molar-refractivity contribution >= 4 is 45.9 Å². The van der Waals surface area contributed by atoms with Gasteiger partial charge in [0, 0.05) is 0 Å². The standard InChI is InChI=1S/C8H5Cl2N3OS/c1-15-8-12-5-3(7(14)13-8)2-4(9)11-6(5)10/h2H,1H3,(H,12,13,14). The molecule has 0 saturated carbocycles. The summed E-state index contributed by atoms with van der Waals surface area (Å²) >= 11 is 12.9. The van der Waals surface area contributed by atoms with Crippen molar-refractivity contribution < 1.29 is 0 Å². The lowest BCUT2D eigenvalue weighted by molar-refractivity contribution is 0.974. The Balaban J connectivity index is 2.91. The van der Waals surface area contributed by atoms with Crippen molar-refractivity contribution in [3.63, 3.8) is 0 Å². The van der Waals surface area contributed by atoms with E-state index in [9.17, 15) is 4.79 Å². The lowest BCUT2D eigenvalue weighted by Gasteiger charge is -2.01. The predicted molar refractivity (Wildman–Crippen MR) is 62.0 cm³/mol. The van der Waals surface area contributed by atoms with Crippen LogP contribution in [-0.2, 0) is 0 Å². The summed E-state index contributed by atoms with van der Waals surface area (Å²) in [6.45, 7) is 0. The minimum Gasteiger partial charge on any atom is -0.301 e. The van der Waals surface area contributed by atoms with E-state index in [1.807, 2.05) is 0 Å². The number of fused-ring (bicyclic) bond motifs is 1. The van der Waals surface area contributed by atoms with E-state index >= 15 is 0 Å². The molecule has 2 aromatic rings. The van der Waals surface area contributed by atoms with E-state index in [4.69, 9.17) is 23.2 Å². The molecular weight excluding hydrogens is 257 g/mol. The van der Waals surface area contributed by atoms with Gasteiger partial charge in [-0.2, -0.15) is 0 Å². The molecule has 0 aliphatic rings. The second-order valence-corrected chi connectivity index (χ2v) is 4.25. The summed E-state index contributed by atoms with van der Waals surface area (Å²) in [4.78, 5) is 22.2. The van der Waals surface area contributed by atoms with Crippen LogP contribution < -0.4 is 5.56 Å². The van der Waals surface area contributed by atoms with Gasteiger partial charge in [-0.3, -0.25) is 4.79 Å². The van der Waals surface area contributed by atoms with Gasteiger partial charge in [0.25, 0.3) is 5.56 Å². The molecule has 0 aromatic carbocycles. The first-order chi connectivity index (χ1) is 7.11. The zero-order chi connectivity index (χ0) is 11.0. The van der Waals surface area contributed by atoms with Crippen molar-refractivity contribution in [1.82, 2.24) is 15.0 Å². The van der Waals surface area contributed by atoms with Crippen LogP contribution in [0.3, 0.4) is 0 Å². The number of H-pyrrole nitrogens is 1. The highest BCUT2D eigenvalue weighted by molar-refractivity contribution is 7.98. The highest BCUT2D eigenvalue weighted by Gasteiger charge is 2.09. The average Bonchev–Trinajstić information content (AvgIpc) is 2.19. The van der Waals surface area contributed by atoms with Crippen molar-refractivity contribution in [2.45, 2.75) is 5.16 Å². The van der Waals surface area contributed by atoms with Gasteiger partial charge in [-0.25, -0.2) is 9.97 Å². The minimum atomic E-state index is -0.268. The maximum atomic E-state index is 11.6. The maximum absolute atomic E-state index is 11.6. The number of thioether (sulfide) groups is 1. The Bertz CT molecular complexity index is 584. The van der Waals surface area contributed by atoms with Crippen LogP contribution >= 0.6 is 35.0 Å². The van der Waals surface area contributed by atoms with Gasteiger partial charge < -0.3 is 4.98 Å². The summed E-state index contributed by atoms with van der Waals surface area (Å²) in [5.74, 6) is 0. The normalized spacial score (nSPS) is 10.9. The summed E-state index contributed by atoms with van der Waals surface area (Å²) in [7, 11) is 0. The fourth-order valence-electron chi connectivity index (χ4n) is 1.15. The molecule has 1 N–H and O–H groups in total. The van der Waals surface area contributed by atoms with E-state index in [-0.39, 0.29) is 15.9 Å². The zero-order valence-electron chi connectivity index (χ0n) is 7.54. The van der Waals surface area contributed by atoms with E-state index in [0.29, 0.717) is 16.1 Å². The van der Waals surface area contributed by atoms with Gasteiger partial charge in [-0.1, -0.05) is 35.0 Å². The molecule has 0 fully saturated rings. The number of aromatic nitrogens is 3. The van der Waals surface area contributed by atoms with Crippen LogP contribution in [0.5, 0.6) is 0 Å². The van der Waals surface area contributed by atoms with Crippen LogP contribution in [0.25, 0.3) is 10.9 Å². The third-order valence-corrected chi connectivity index (χ3v) is 2.83. The Morgan fingerprint density at radius 1 is 1.40 bits per heavy atom. The lowest BCUT2D eigenvalue weighted by atomic mass is 10.3. The number of hydrogen-bond acceptors (Lipinski definition) is 4. The first-order valence-corrected chi connectivity index (χ1v) is 5.90. The molecule has 0 bridgehead atoms. The molecule has 78 valence electrons. The predicted octanol–water partition coefficient (Wildman–Crippen LogP) is 2.35. The fraction of sp³-hybridized carbons (Fsp3) is 0.125. The van der Waals surface area contributed by atoms with Gasteiger partial charge in [-0.15, -0.1) is 0 Å². The van der Waals surface area contributed by atoms with Gasteiger partial charge in [0.15, 0.2) is 10.3 Å². The smallest absolute Gasteiger partial charge is 0.259 e. The second kappa shape index (κ2) is 4.00. The quantitative estimate of drug-likeness (QED) is 0.487. The molecule has 2 aromatic heterocycles. The Morgan fingerprint density at radius 2 is 2.13 bits per heavy atom. The van der Waals surface area contributed by atoms with E-state index < -0.39 is 0 Å². The summed E-state index contributed by atoms with van der Waals surface area (Å²) in [6.07, 6.45) is 1.81. The summed E-state index contributed by atoms with van der Waals surface area (Å²) < 4.78 is 0. The monoisotopic (exact) mass is 261 g/mol. The number of rotatable bonds is 1. The SMILES string of the molecule is CSc1nc2c(Cl)nc(Cl)cc2c(=O)[nH]1. The van der Waals surface area contributed by atoms with Gasteiger partial charge in [0.05, 0.1) is 5.39 Å². The van der Waals surface area contributed by atoms with Crippen molar-refractivity contribution in [2.24, 2.45) is 0 Å². The average molecular weight is 262 g/mol. The Hall–Kier alpha value is -0.780. The van der Waals surface area contributed by atoms with Crippen LogP contribution in [-0.4, -0.2) is 21.2 Å². The van der Waals surface area contributed by atoms with Crippen LogP contribution in [0.15, 0.2) is 16.0 Å². The molecule has 2 rings (SSSR count). The molecule has 15 heavy (non-hydrogen) atoms. The molecule has 0 spiro atoms. The first-order valence-electron chi connectivity index (χ1n) is 3.92. The highest BCUT2D eigenvalue weighted by atomic mass is 35.5. The molecule has 0 atom stereocenters. The van der Waals surface area contributed by atoms with Crippen molar-refractivity contribution in [2.75, 3.05) is 6.26 Å². The molecule has 0 amide bonds. The summed E-state index contributed by atoms with van der Waals surface area (Å²) in [5, 5.41) is 1.16. The minimum absolute atomic E-state index is 0.138. The lowest BCUT2D eigenvalue weighted by Crippen LogP contribution is -2.09. The van der Waals surface area contributed by atoms with Gasteiger partial charge in [0.2, 0.25) is 0 Å². The van der Waals surface area contributed by atoms with Crippen molar-refractivity contribution in [3.8, 4) is 0 Å². The van der Waals surface area contributed by atoms with Crippen LogP contribution in [0.4, 0.5) is 0 Å². The summed E-state index contributed by atoms with van der Waals surface area (Å²) in [6, 6.07) is 1.44. The molecule has 2 heterocycles. The van der Waals surface area contributed by atoms with Gasteiger partial charge >= 0.3 is 0 Å². The molecule has 7 heteroatoms. The molecule has 0 radical (unpaired) electrons. The molecular formula is C8H5Cl2N3OS. The third-order valence-electron chi connectivity index (χ3n) is 1.79. The van der Waals surface area contributed by atoms with Crippen molar-refractivity contribution in [3.05, 3.63) is 26.7 Å². The number of hydrogen-bond donors (Lipinski definition) is 1. The number of nitrogens with one attached hydrogen (secondary N) is 1. The second-order valence-electron chi connectivity index (χ2n) is 2.71. The molecule has 0 aliphatic heterocycles. The number of halogens is 2. The zero-order valence-corrected chi connectivity index (χ0v) is 9.87.